The van der Waals surface area contributed by atoms with Crippen LogP contribution in [-0.2, 0) is 17.2 Å². The van der Waals surface area contributed by atoms with E-state index in [0.29, 0.717) is 6.61 Å². The molecule has 0 radical (unpaired) electrons. The molecule has 25 heavy (non-hydrogen) atoms. The summed E-state index contributed by atoms with van der Waals surface area (Å²) in [4.78, 5) is 0. The molecular formula is C20H31F3OSi. The SMILES string of the molecule is C/C=C(\C)[Si](OCc1ccc(C(F)(F)F)cc1)(C(C)(C)C)C(C)(C)C. The van der Waals surface area contributed by atoms with Crippen LogP contribution >= 0.6 is 0 Å². The zero-order valence-corrected chi connectivity index (χ0v) is 17.6. The average molecular weight is 373 g/mol. The Morgan fingerprint density at radius 1 is 0.960 bits per heavy atom. The minimum Gasteiger partial charge on any atom is -0.407 e. The maximum Gasteiger partial charge on any atom is 0.416 e. The zero-order valence-electron chi connectivity index (χ0n) is 16.6. The van der Waals surface area contributed by atoms with Gasteiger partial charge in [-0.3, -0.25) is 0 Å². The lowest BCUT2D eigenvalue weighted by molar-refractivity contribution is -0.137. The van der Waals surface area contributed by atoms with Gasteiger partial charge >= 0.3 is 6.18 Å². The third-order valence-corrected chi connectivity index (χ3v) is 11.0. The molecule has 1 nitrogen and oxygen atoms in total. The third kappa shape index (κ3) is 4.56. The summed E-state index contributed by atoms with van der Waals surface area (Å²) in [7, 11) is -2.40. The van der Waals surface area contributed by atoms with E-state index >= 15 is 0 Å². The van der Waals surface area contributed by atoms with Crippen LogP contribution in [0.3, 0.4) is 0 Å². The van der Waals surface area contributed by atoms with E-state index in [0.717, 1.165) is 17.7 Å². The summed E-state index contributed by atoms with van der Waals surface area (Å²) in [6, 6.07) is 5.27. The lowest BCUT2D eigenvalue weighted by Crippen LogP contribution is -2.55. The number of halogens is 3. The quantitative estimate of drug-likeness (QED) is 0.505. The first-order chi connectivity index (χ1) is 11.2. The second-order valence-electron chi connectivity index (χ2n) is 8.64. The molecule has 0 aromatic heterocycles. The Hall–Kier alpha value is -1.07. The van der Waals surface area contributed by atoms with Gasteiger partial charge < -0.3 is 4.43 Å². The smallest absolute Gasteiger partial charge is 0.407 e. The Morgan fingerprint density at radius 3 is 1.72 bits per heavy atom. The van der Waals surface area contributed by atoms with Crippen LogP contribution in [0, 0.1) is 0 Å². The fourth-order valence-corrected chi connectivity index (χ4v) is 10.5. The molecule has 0 saturated carbocycles. The van der Waals surface area contributed by atoms with Crippen molar-refractivity contribution in [1.29, 1.82) is 0 Å². The van der Waals surface area contributed by atoms with Crippen molar-refractivity contribution in [3.8, 4) is 0 Å². The van der Waals surface area contributed by atoms with Gasteiger partial charge in [-0.15, -0.1) is 0 Å². The second-order valence-corrected chi connectivity index (χ2v) is 14.1. The van der Waals surface area contributed by atoms with E-state index < -0.39 is 20.1 Å². The second kappa shape index (κ2) is 7.27. The van der Waals surface area contributed by atoms with Crippen molar-refractivity contribution in [3.63, 3.8) is 0 Å². The van der Waals surface area contributed by atoms with Crippen molar-refractivity contribution in [2.24, 2.45) is 0 Å². The van der Waals surface area contributed by atoms with E-state index in [1.165, 1.54) is 17.3 Å². The zero-order chi connectivity index (χ0) is 19.7. The van der Waals surface area contributed by atoms with Crippen LogP contribution in [0.1, 0.15) is 66.5 Å². The fraction of sp³-hybridized carbons (Fsp3) is 0.600. The Kier molecular flexibility index (Phi) is 6.39. The largest absolute Gasteiger partial charge is 0.416 e. The van der Waals surface area contributed by atoms with Gasteiger partial charge in [0.05, 0.1) is 12.2 Å². The summed E-state index contributed by atoms with van der Waals surface area (Å²) in [5.74, 6) is 0. The van der Waals surface area contributed by atoms with E-state index in [1.54, 1.807) is 0 Å². The summed E-state index contributed by atoms with van der Waals surface area (Å²) < 4.78 is 44.8. The minimum atomic E-state index is -4.31. The number of rotatable bonds is 4. The molecule has 0 saturated heterocycles. The first-order valence-electron chi connectivity index (χ1n) is 8.60. The molecule has 0 atom stereocenters. The average Bonchev–Trinajstić information content (AvgIpc) is 2.44. The summed E-state index contributed by atoms with van der Waals surface area (Å²) >= 11 is 0. The molecule has 0 bridgehead atoms. The third-order valence-electron chi connectivity index (χ3n) is 4.84. The lowest BCUT2D eigenvalue weighted by Gasteiger charge is -2.51. The van der Waals surface area contributed by atoms with E-state index in [-0.39, 0.29) is 10.1 Å². The van der Waals surface area contributed by atoms with E-state index in [9.17, 15) is 13.2 Å². The predicted octanol–water partition coefficient (Wildman–Crippen LogP) is 7.27. The summed E-state index contributed by atoms with van der Waals surface area (Å²) in [6.45, 7) is 17.7. The summed E-state index contributed by atoms with van der Waals surface area (Å²) in [5.41, 5.74) is 0.137. The van der Waals surface area contributed by atoms with Gasteiger partial charge in [0.25, 0.3) is 0 Å². The molecule has 1 aromatic rings. The predicted molar refractivity (Wildman–Crippen MR) is 101 cm³/mol. The van der Waals surface area contributed by atoms with Crippen molar-refractivity contribution in [3.05, 3.63) is 46.7 Å². The number of alkyl halides is 3. The highest BCUT2D eigenvalue weighted by Gasteiger charge is 2.56. The molecule has 0 N–H and O–H groups in total. The highest BCUT2D eigenvalue weighted by molar-refractivity contribution is 6.85. The number of hydrogen-bond acceptors (Lipinski definition) is 1. The molecule has 1 rings (SSSR count). The standard InChI is InChI=1S/C20H31F3OSi/c1-9-15(2)25(18(3,4)5,19(6,7)8)24-14-16-10-12-17(13-11-16)20(21,22)23/h9-13H,14H2,1-8H3/b15-9+. The molecule has 5 heteroatoms. The minimum absolute atomic E-state index is 0.0479. The van der Waals surface area contributed by atoms with Crippen LogP contribution in [0.4, 0.5) is 13.2 Å². The monoisotopic (exact) mass is 372 g/mol. The summed E-state index contributed by atoms with van der Waals surface area (Å²) in [6.07, 6.45) is -2.19. The Morgan fingerprint density at radius 2 is 1.40 bits per heavy atom. The van der Waals surface area contributed by atoms with Crippen LogP contribution in [0.5, 0.6) is 0 Å². The topological polar surface area (TPSA) is 9.23 Å². The van der Waals surface area contributed by atoms with Gasteiger partial charge in [-0.1, -0.05) is 64.9 Å². The van der Waals surface area contributed by atoms with Crippen molar-refractivity contribution in [1.82, 2.24) is 0 Å². The Labute approximate surface area is 151 Å². The molecule has 0 unspecified atom stereocenters. The molecule has 0 aliphatic carbocycles. The molecule has 1 aromatic carbocycles. The number of benzene rings is 1. The van der Waals surface area contributed by atoms with Crippen molar-refractivity contribution >= 4 is 8.32 Å². The van der Waals surface area contributed by atoms with Gasteiger partial charge in [0.2, 0.25) is 8.32 Å². The maximum absolute atomic E-state index is 12.7. The molecule has 0 amide bonds. The molecule has 142 valence electrons. The fourth-order valence-electron chi connectivity index (χ4n) is 4.04. The van der Waals surface area contributed by atoms with Crippen molar-refractivity contribution < 1.29 is 17.6 Å². The highest BCUT2D eigenvalue weighted by atomic mass is 28.4. The van der Waals surface area contributed by atoms with Crippen molar-refractivity contribution in [2.75, 3.05) is 0 Å². The van der Waals surface area contributed by atoms with Crippen LogP contribution in [-0.4, -0.2) is 8.32 Å². The van der Waals surface area contributed by atoms with Gasteiger partial charge in [0.1, 0.15) is 0 Å². The van der Waals surface area contributed by atoms with E-state index in [1.807, 2.05) is 6.92 Å². The lowest BCUT2D eigenvalue weighted by atomic mass is 10.1. The van der Waals surface area contributed by atoms with Crippen LogP contribution in [0.15, 0.2) is 35.5 Å². The van der Waals surface area contributed by atoms with Gasteiger partial charge in [-0.05, 0) is 41.6 Å². The number of hydrogen-bond donors (Lipinski definition) is 0. The van der Waals surface area contributed by atoms with Crippen molar-refractivity contribution in [2.45, 2.75) is 78.2 Å². The van der Waals surface area contributed by atoms with E-state index in [4.69, 9.17) is 4.43 Å². The first kappa shape index (κ1) is 22.0. The van der Waals surface area contributed by atoms with Gasteiger partial charge in [-0.2, -0.15) is 13.2 Å². The summed E-state index contributed by atoms with van der Waals surface area (Å²) in [5, 5.41) is 1.17. The van der Waals surface area contributed by atoms with E-state index in [2.05, 4.69) is 54.5 Å². The normalized spacial score (nSPS) is 14.8. The molecule has 0 spiro atoms. The van der Waals surface area contributed by atoms with Gasteiger partial charge in [0, 0.05) is 0 Å². The van der Waals surface area contributed by atoms with Gasteiger partial charge in [0.15, 0.2) is 0 Å². The first-order valence-corrected chi connectivity index (χ1v) is 10.5. The number of allylic oxidation sites excluding steroid dienone is 2. The Balaban J connectivity index is 3.20. The maximum atomic E-state index is 12.7. The van der Waals surface area contributed by atoms with Crippen LogP contribution in [0.25, 0.3) is 0 Å². The van der Waals surface area contributed by atoms with Crippen LogP contribution in [0.2, 0.25) is 10.1 Å². The Bertz CT molecular complexity index is 588. The molecule has 0 aliphatic rings. The van der Waals surface area contributed by atoms with Gasteiger partial charge in [-0.25, -0.2) is 0 Å². The molecule has 0 aliphatic heterocycles. The molecule has 0 heterocycles. The van der Waals surface area contributed by atoms with Crippen LogP contribution < -0.4 is 0 Å². The molecule has 0 fully saturated rings. The highest BCUT2D eigenvalue weighted by Crippen LogP contribution is 2.55. The molecular weight excluding hydrogens is 341 g/mol.